The van der Waals surface area contributed by atoms with Crippen LogP contribution in [0.3, 0.4) is 0 Å². The van der Waals surface area contributed by atoms with E-state index in [9.17, 15) is 0 Å². The molecule has 1 nitrogen and oxygen atoms in total. The number of rotatable bonds is 2. The summed E-state index contributed by atoms with van der Waals surface area (Å²) in [5.41, 5.74) is 3.40. The molecule has 0 fully saturated rings. The lowest BCUT2D eigenvalue weighted by Crippen LogP contribution is -2.25. The van der Waals surface area contributed by atoms with Gasteiger partial charge in [0.15, 0.2) is 0 Å². The molecule has 1 aromatic carbocycles. The van der Waals surface area contributed by atoms with E-state index in [2.05, 4.69) is 61.7 Å². The van der Waals surface area contributed by atoms with Crippen molar-refractivity contribution in [3.8, 4) is 0 Å². The molecule has 0 bridgehead atoms. The molecule has 1 aromatic rings. The quantitative estimate of drug-likeness (QED) is 0.645. The molecule has 1 aliphatic heterocycles. The Kier molecular flexibility index (Phi) is 5.46. The lowest BCUT2D eigenvalue weighted by molar-refractivity contribution is 0.785. The van der Waals surface area contributed by atoms with E-state index >= 15 is 0 Å². The van der Waals surface area contributed by atoms with Gasteiger partial charge in [-0.2, -0.15) is 0 Å². The summed E-state index contributed by atoms with van der Waals surface area (Å²) in [7, 11) is 0. The third-order valence-electron chi connectivity index (χ3n) is 3.75. The smallest absolute Gasteiger partial charge is 0.0455 e. The topological polar surface area (TPSA) is 3.24 Å². The van der Waals surface area contributed by atoms with Crippen molar-refractivity contribution in [3.63, 3.8) is 0 Å². The lowest BCUT2D eigenvalue weighted by Gasteiger charge is -2.32. The van der Waals surface area contributed by atoms with Crippen LogP contribution in [-0.2, 0) is 0 Å². The molecule has 0 unspecified atom stereocenters. The van der Waals surface area contributed by atoms with Gasteiger partial charge in [-0.1, -0.05) is 68.5 Å². The van der Waals surface area contributed by atoms with E-state index in [1.807, 2.05) is 18.2 Å². The van der Waals surface area contributed by atoms with E-state index in [1.54, 1.807) is 0 Å². The molecule has 2 rings (SSSR count). The number of nitrogens with zero attached hydrogens (tertiary/aromatic N) is 1. The average molecular weight is 300 g/mol. The first kappa shape index (κ1) is 15.7. The molecule has 2 heteroatoms. The van der Waals surface area contributed by atoms with Crippen molar-refractivity contribution in [2.24, 2.45) is 5.92 Å². The van der Waals surface area contributed by atoms with Crippen molar-refractivity contribution in [3.05, 3.63) is 77.6 Å². The number of allylic oxidation sites excluding steroid dienone is 6. The molecule has 0 saturated heterocycles. The number of benzene rings is 1. The lowest BCUT2D eigenvalue weighted by atomic mass is 10.0. The maximum atomic E-state index is 6.41. The van der Waals surface area contributed by atoms with E-state index in [0.717, 1.165) is 29.3 Å². The van der Waals surface area contributed by atoms with Crippen LogP contribution in [0.2, 0.25) is 0 Å². The van der Waals surface area contributed by atoms with Gasteiger partial charge in [-0.25, -0.2) is 0 Å². The molecule has 0 spiro atoms. The molecule has 0 aliphatic carbocycles. The Bertz CT molecular complexity index is 581. The van der Waals surface area contributed by atoms with Crippen LogP contribution in [0.25, 0.3) is 0 Å². The van der Waals surface area contributed by atoms with E-state index in [0.29, 0.717) is 0 Å². The van der Waals surface area contributed by atoms with Crippen LogP contribution in [-0.4, -0.2) is 0 Å². The van der Waals surface area contributed by atoms with Crippen LogP contribution < -0.4 is 4.90 Å². The number of halogens is 1. The molecule has 1 atom stereocenters. The Balaban J connectivity index is 2.51. The highest BCUT2D eigenvalue weighted by molar-refractivity contribution is 6.30. The third kappa shape index (κ3) is 3.68. The largest absolute Gasteiger partial charge is 0.318 e. The summed E-state index contributed by atoms with van der Waals surface area (Å²) in [4.78, 5) is 2.24. The van der Waals surface area contributed by atoms with E-state index in [1.165, 1.54) is 5.70 Å². The van der Waals surface area contributed by atoms with Gasteiger partial charge in [-0.15, -0.1) is 0 Å². The fourth-order valence-corrected chi connectivity index (χ4v) is 2.63. The molecule has 110 valence electrons. The third-order valence-corrected chi connectivity index (χ3v) is 4.20. The minimum absolute atomic E-state index is 0.0876. The number of para-hydroxylation sites is 1. The highest BCUT2D eigenvalue weighted by atomic mass is 35.5. The summed E-state index contributed by atoms with van der Waals surface area (Å²) in [6, 6.07) is 10.4. The maximum Gasteiger partial charge on any atom is 0.0455 e. The zero-order chi connectivity index (χ0) is 15.2. The molecule has 21 heavy (non-hydrogen) atoms. The number of anilines is 1. The van der Waals surface area contributed by atoms with E-state index in [4.69, 9.17) is 11.6 Å². The predicted octanol–water partition coefficient (Wildman–Crippen LogP) is 6.02. The van der Waals surface area contributed by atoms with Crippen molar-refractivity contribution in [2.75, 3.05) is 4.90 Å². The average Bonchev–Trinajstić information content (AvgIpc) is 2.52. The van der Waals surface area contributed by atoms with Crippen molar-refractivity contribution in [2.45, 2.75) is 26.7 Å². The van der Waals surface area contributed by atoms with Gasteiger partial charge >= 0.3 is 0 Å². The summed E-state index contributed by atoms with van der Waals surface area (Å²) in [5, 5.41) is 0.814. The van der Waals surface area contributed by atoms with Gasteiger partial charge in [0.05, 0.1) is 0 Å². The molecule has 0 amide bonds. The normalized spacial score (nSPS) is 26.5. The summed E-state index contributed by atoms with van der Waals surface area (Å²) in [6.07, 6.45) is 10.2. The van der Waals surface area contributed by atoms with Gasteiger partial charge in [0.1, 0.15) is 0 Å². The molecular weight excluding hydrogens is 278 g/mol. The zero-order valence-electron chi connectivity index (χ0n) is 12.7. The molecule has 1 heterocycles. The highest BCUT2D eigenvalue weighted by Crippen LogP contribution is 2.33. The van der Waals surface area contributed by atoms with E-state index in [-0.39, 0.29) is 5.92 Å². The Hall–Kier alpha value is -1.73. The molecule has 0 N–H and O–H groups in total. The van der Waals surface area contributed by atoms with Gasteiger partial charge in [0.25, 0.3) is 0 Å². The van der Waals surface area contributed by atoms with Crippen molar-refractivity contribution in [1.29, 1.82) is 0 Å². The van der Waals surface area contributed by atoms with Crippen LogP contribution in [0, 0.1) is 5.92 Å². The summed E-state index contributed by atoms with van der Waals surface area (Å²) in [5.74, 6) is 0.0876. The first-order valence-electron chi connectivity index (χ1n) is 7.40. The van der Waals surface area contributed by atoms with Gasteiger partial charge in [-0.05, 0) is 31.1 Å². The Morgan fingerprint density at radius 3 is 2.67 bits per heavy atom. The van der Waals surface area contributed by atoms with Gasteiger partial charge < -0.3 is 4.90 Å². The second-order valence-corrected chi connectivity index (χ2v) is 5.58. The first-order valence-corrected chi connectivity index (χ1v) is 7.78. The van der Waals surface area contributed by atoms with Crippen LogP contribution in [0.5, 0.6) is 0 Å². The second kappa shape index (κ2) is 7.33. The Morgan fingerprint density at radius 1 is 1.29 bits per heavy atom. The summed E-state index contributed by atoms with van der Waals surface area (Å²) >= 11 is 6.41. The molecule has 0 aromatic heterocycles. The van der Waals surface area contributed by atoms with Crippen LogP contribution >= 0.6 is 11.6 Å². The van der Waals surface area contributed by atoms with Crippen LogP contribution in [0.4, 0.5) is 5.69 Å². The Labute approximate surface area is 132 Å². The SMILES string of the molecule is C=C1[C@H](C)/C(Cl)=C\C=C/C/C=C(/CC)N1c1ccccc1. The maximum absolute atomic E-state index is 6.41. The first-order chi connectivity index (χ1) is 10.1. The molecule has 0 radical (unpaired) electrons. The minimum Gasteiger partial charge on any atom is -0.318 e. The summed E-state index contributed by atoms with van der Waals surface area (Å²) in [6.45, 7) is 8.58. The van der Waals surface area contributed by atoms with Gasteiger partial charge in [-0.3, -0.25) is 0 Å². The second-order valence-electron chi connectivity index (χ2n) is 5.15. The minimum atomic E-state index is 0.0876. The van der Waals surface area contributed by atoms with Crippen molar-refractivity contribution < 1.29 is 0 Å². The standard InChI is InChI=1S/C19H22ClN/c1-4-17-11-7-6-10-14-19(20)15(2)16(3)21(17)18-12-8-5-9-13-18/h5-6,8-15H,3-4,7H2,1-2H3/b10-6-,17-11-,19-14+/t15-/m0/s1. The number of hydrogen-bond acceptors (Lipinski definition) is 1. The monoisotopic (exact) mass is 299 g/mol. The summed E-state index contributed by atoms with van der Waals surface area (Å²) < 4.78 is 0. The Morgan fingerprint density at radius 2 is 2.00 bits per heavy atom. The zero-order valence-corrected chi connectivity index (χ0v) is 13.5. The fourth-order valence-electron chi connectivity index (χ4n) is 2.43. The van der Waals surface area contributed by atoms with Crippen molar-refractivity contribution in [1.82, 2.24) is 0 Å². The van der Waals surface area contributed by atoms with E-state index < -0.39 is 0 Å². The van der Waals surface area contributed by atoms with Gasteiger partial charge in [0, 0.05) is 28.0 Å². The predicted molar refractivity (Wildman–Crippen MR) is 93.3 cm³/mol. The van der Waals surface area contributed by atoms with Crippen LogP contribution in [0.1, 0.15) is 26.7 Å². The molecule has 0 saturated carbocycles. The van der Waals surface area contributed by atoms with Crippen LogP contribution in [0.15, 0.2) is 77.6 Å². The van der Waals surface area contributed by atoms with Crippen molar-refractivity contribution >= 4 is 17.3 Å². The van der Waals surface area contributed by atoms with Gasteiger partial charge in [0.2, 0.25) is 0 Å². The molecule has 1 aliphatic rings. The highest BCUT2D eigenvalue weighted by Gasteiger charge is 2.21. The fraction of sp³-hybridized carbons (Fsp3) is 0.263. The number of hydrogen-bond donors (Lipinski definition) is 0. The molecular formula is C19H22ClN.